The van der Waals surface area contributed by atoms with E-state index in [0.717, 1.165) is 0 Å². The third-order valence-electron chi connectivity index (χ3n) is 1.47. The molecule has 0 aliphatic rings. The Bertz CT molecular complexity index is 293. The van der Waals surface area contributed by atoms with Crippen LogP contribution in [0.1, 0.15) is 12.5 Å². The lowest BCUT2D eigenvalue weighted by atomic mass is 10.2. The van der Waals surface area contributed by atoms with Crippen LogP contribution in [0.4, 0.5) is 0 Å². The Morgan fingerprint density at radius 3 is 2.00 bits per heavy atom. The molecule has 0 aliphatic heterocycles. The standard InChI is InChI=1S/C7H8.C4H8O2Si/c1-7-5-3-2-4-6-7;1-3(2)4(5)6-7/h2-6H,1H3;1H2,2,7H3. The molecule has 0 spiro atoms. The highest BCUT2D eigenvalue weighted by Gasteiger charge is 1.94. The maximum Gasteiger partial charge on any atom is 0.319 e. The summed E-state index contributed by atoms with van der Waals surface area (Å²) >= 11 is 0. The van der Waals surface area contributed by atoms with E-state index in [4.69, 9.17) is 0 Å². The normalized spacial score (nSPS) is 8.43. The molecule has 0 atom stereocenters. The molecular weight excluding hydrogens is 192 g/mol. The number of carbonyl (C=O) groups is 1. The number of benzene rings is 1. The zero-order chi connectivity index (χ0) is 11.0. The van der Waals surface area contributed by atoms with Gasteiger partial charge in [0.2, 0.25) is 10.5 Å². The van der Waals surface area contributed by atoms with Crippen LogP contribution in [0.25, 0.3) is 0 Å². The quantitative estimate of drug-likeness (QED) is 0.515. The van der Waals surface area contributed by atoms with Crippen molar-refractivity contribution in [2.45, 2.75) is 13.8 Å². The molecule has 1 rings (SSSR count). The second-order valence-electron chi connectivity index (χ2n) is 2.93. The molecule has 3 heteroatoms. The molecule has 0 aliphatic carbocycles. The van der Waals surface area contributed by atoms with Gasteiger partial charge in [0.15, 0.2) is 0 Å². The van der Waals surface area contributed by atoms with E-state index in [1.807, 2.05) is 18.2 Å². The van der Waals surface area contributed by atoms with E-state index >= 15 is 0 Å². The Balaban J connectivity index is 0.000000241. The van der Waals surface area contributed by atoms with Crippen molar-refractivity contribution in [3.63, 3.8) is 0 Å². The highest BCUT2D eigenvalue weighted by Crippen LogP contribution is 1.92. The van der Waals surface area contributed by atoms with Gasteiger partial charge in [-0.1, -0.05) is 42.5 Å². The second-order valence-corrected chi connectivity index (χ2v) is 3.33. The van der Waals surface area contributed by atoms with Crippen LogP contribution in [0.5, 0.6) is 0 Å². The molecule has 0 heterocycles. The molecule has 1 aromatic rings. The van der Waals surface area contributed by atoms with E-state index in [1.54, 1.807) is 6.92 Å². The SMILES string of the molecule is C=C(C)C(=O)O[SiH3].Cc1ccccc1. The summed E-state index contributed by atoms with van der Waals surface area (Å²) in [5, 5.41) is 0. The lowest BCUT2D eigenvalue weighted by Crippen LogP contribution is -2.00. The average Bonchev–Trinajstić information content (AvgIpc) is 2.18. The topological polar surface area (TPSA) is 26.3 Å². The fourth-order valence-corrected chi connectivity index (χ4v) is 1.06. The number of carbonyl (C=O) groups excluding carboxylic acids is 1. The molecular formula is C11H16O2Si. The molecule has 1 aromatic carbocycles. The highest BCUT2D eigenvalue weighted by atomic mass is 28.2. The van der Waals surface area contributed by atoms with Gasteiger partial charge in [0.05, 0.1) is 0 Å². The molecule has 76 valence electrons. The molecule has 14 heavy (non-hydrogen) atoms. The van der Waals surface area contributed by atoms with Crippen LogP contribution in [-0.2, 0) is 9.22 Å². The van der Waals surface area contributed by atoms with Crippen LogP contribution in [0, 0.1) is 6.92 Å². The Morgan fingerprint density at radius 2 is 1.86 bits per heavy atom. The van der Waals surface area contributed by atoms with Gasteiger partial charge in [-0.3, -0.25) is 0 Å². The summed E-state index contributed by atoms with van der Waals surface area (Å²) in [4.78, 5) is 10.2. The summed E-state index contributed by atoms with van der Waals surface area (Å²) < 4.78 is 4.41. The molecule has 2 nitrogen and oxygen atoms in total. The molecule has 0 amide bonds. The van der Waals surface area contributed by atoms with Crippen LogP contribution < -0.4 is 0 Å². The first-order valence-corrected chi connectivity index (χ1v) is 5.15. The van der Waals surface area contributed by atoms with Crippen LogP contribution in [-0.4, -0.2) is 16.5 Å². The lowest BCUT2D eigenvalue weighted by molar-refractivity contribution is -0.129. The average molecular weight is 208 g/mol. The van der Waals surface area contributed by atoms with Crippen LogP contribution >= 0.6 is 0 Å². The largest absolute Gasteiger partial charge is 0.526 e. The molecule has 0 N–H and O–H groups in total. The first-order chi connectivity index (χ1) is 6.57. The number of hydrogen-bond acceptors (Lipinski definition) is 2. The third kappa shape index (κ3) is 6.19. The first kappa shape index (κ1) is 12.6. The molecule has 0 unspecified atom stereocenters. The minimum atomic E-state index is -0.285. The summed E-state index contributed by atoms with van der Waals surface area (Å²) in [6.45, 7) is 7.08. The van der Waals surface area contributed by atoms with Crippen molar-refractivity contribution < 1.29 is 9.22 Å². The Kier molecular flexibility index (Phi) is 6.40. The maximum atomic E-state index is 10.2. The summed E-state index contributed by atoms with van der Waals surface area (Å²) in [7, 11) is 0.460. The van der Waals surface area contributed by atoms with Gasteiger partial charge in [-0.15, -0.1) is 0 Å². The summed E-state index contributed by atoms with van der Waals surface area (Å²) in [6.07, 6.45) is 0. The van der Waals surface area contributed by atoms with Crippen molar-refractivity contribution >= 4 is 16.5 Å². The molecule has 0 saturated heterocycles. The van der Waals surface area contributed by atoms with E-state index < -0.39 is 0 Å². The Hall–Kier alpha value is -1.35. The van der Waals surface area contributed by atoms with E-state index in [0.29, 0.717) is 16.1 Å². The van der Waals surface area contributed by atoms with Gasteiger partial charge in [-0.25, -0.2) is 4.79 Å². The highest BCUT2D eigenvalue weighted by molar-refractivity contribution is 6.08. The maximum absolute atomic E-state index is 10.2. The summed E-state index contributed by atoms with van der Waals surface area (Å²) in [5.74, 6) is -0.285. The van der Waals surface area contributed by atoms with Crippen LogP contribution in [0.2, 0.25) is 0 Å². The zero-order valence-corrected chi connectivity index (χ0v) is 10.9. The van der Waals surface area contributed by atoms with E-state index in [2.05, 4.69) is 30.1 Å². The number of hydrogen-bond donors (Lipinski definition) is 0. The first-order valence-electron chi connectivity index (χ1n) is 4.33. The minimum absolute atomic E-state index is 0.285. The fraction of sp³-hybridized carbons (Fsp3) is 0.182. The van der Waals surface area contributed by atoms with Gasteiger partial charge in [-0.2, -0.15) is 0 Å². The van der Waals surface area contributed by atoms with Crippen molar-refractivity contribution in [1.82, 2.24) is 0 Å². The van der Waals surface area contributed by atoms with E-state index in [9.17, 15) is 4.79 Å². The summed E-state index contributed by atoms with van der Waals surface area (Å²) in [6, 6.07) is 10.3. The smallest absolute Gasteiger partial charge is 0.319 e. The molecule has 0 bridgehead atoms. The molecule has 0 saturated carbocycles. The molecule has 0 aromatic heterocycles. The third-order valence-corrected chi connectivity index (χ3v) is 1.85. The van der Waals surface area contributed by atoms with Gasteiger partial charge in [0.25, 0.3) is 0 Å². The zero-order valence-electron chi connectivity index (χ0n) is 8.91. The monoisotopic (exact) mass is 208 g/mol. The van der Waals surface area contributed by atoms with Crippen molar-refractivity contribution in [3.8, 4) is 0 Å². The van der Waals surface area contributed by atoms with E-state index in [-0.39, 0.29) is 5.97 Å². The number of rotatable bonds is 1. The Morgan fingerprint density at radius 1 is 1.36 bits per heavy atom. The summed E-state index contributed by atoms with van der Waals surface area (Å²) in [5.41, 5.74) is 1.79. The second kappa shape index (κ2) is 7.09. The minimum Gasteiger partial charge on any atom is -0.526 e. The van der Waals surface area contributed by atoms with Crippen molar-refractivity contribution in [2.24, 2.45) is 0 Å². The fourth-order valence-electron chi connectivity index (χ4n) is 0.709. The Labute approximate surface area is 88.1 Å². The van der Waals surface area contributed by atoms with Crippen molar-refractivity contribution in [3.05, 3.63) is 48.0 Å². The van der Waals surface area contributed by atoms with Crippen LogP contribution in [0.15, 0.2) is 42.5 Å². The van der Waals surface area contributed by atoms with Crippen molar-refractivity contribution in [1.29, 1.82) is 0 Å². The number of aryl methyl sites for hydroxylation is 1. The van der Waals surface area contributed by atoms with Crippen molar-refractivity contribution in [2.75, 3.05) is 0 Å². The van der Waals surface area contributed by atoms with Gasteiger partial charge in [-0.05, 0) is 13.8 Å². The van der Waals surface area contributed by atoms with Gasteiger partial charge in [0, 0.05) is 5.57 Å². The van der Waals surface area contributed by atoms with Gasteiger partial charge >= 0.3 is 5.97 Å². The lowest BCUT2D eigenvalue weighted by Gasteiger charge is -1.92. The predicted octanol–water partition coefficient (Wildman–Crippen LogP) is 1.38. The van der Waals surface area contributed by atoms with Gasteiger partial charge in [0.1, 0.15) is 0 Å². The van der Waals surface area contributed by atoms with Crippen LogP contribution in [0.3, 0.4) is 0 Å². The predicted molar refractivity (Wildman–Crippen MR) is 62.0 cm³/mol. The molecule has 0 radical (unpaired) electrons. The molecule has 0 fully saturated rings. The van der Waals surface area contributed by atoms with E-state index in [1.165, 1.54) is 5.56 Å². The van der Waals surface area contributed by atoms with Gasteiger partial charge < -0.3 is 4.43 Å².